The number of hydrogen-bond acceptors (Lipinski definition) is 3. The van der Waals surface area contributed by atoms with E-state index in [1.807, 2.05) is 42.5 Å². The van der Waals surface area contributed by atoms with Gasteiger partial charge in [0.25, 0.3) is 5.91 Å². The first-order chi connectivity index (χ1) is 11.1. The van der Waals surface area contributed by atoms with E-state index >= 15 is 0 Å². The van der Waals surface area contributed by atoms with Crippen LogP contribution in [0.15, 0.2) is 47.5 Å². The molecular formula is C18H17N2NaO3. The zero-order valence-corrected chi connectivity index (χ0v) is 15.8. The van der Waals surface area contributed by atoms with E-state index in [0.29, 0.717) is 19.3 Å². The maximum Gasteiger partial charge on any atom is 1.00 e. The summed E-state index contributed by atoms with van der Waals surface area (Å²) in [6, 6.07) is 13.1. The number of aryl methyl sites for hydroxylation is 1. The van der Waals surface area contributed by atoms with E-state index in [4.69, 9.17) is 0 Å². The van der Waals surface area contributed by atoms with Crippen LogP contribution in [0, 0.1) is 5.41 Å². The first-order valence-electron chi connectivity index (χ1n) is 7.65. The molecule has 0 saturated carbocycles. The summed E-state index contributed by atoms with van der Waals surface area (Å²) in [5.41, 5.74) is -0.168. The number of nitrogens with zero attached hydrogens (tertiary/aromatic N) is 1. The number of hydrogen-bond donors (Lipinski definition) is 1. The van der Waals surface area contributed by atoms with E-state index in [2.05, 4.69) is 10.3 Å². The van der Waals surface area contributed by atoms with Crippen molar-refractivity contribution in [2.45, 2.75) is 26.2 Å². The Hall–Kier alpha value is -1.69. The number of amidine groups is 1. The van der Waals surface area contributed by atoms with Crippen molar-refractivity contribution in [1.82, 2.24) is 5.32 Å². The molecule has 1 heterocycles. The molecule has 118 valence electrons. The second-order valence-electron chi connectivity index (χ2n) is 5.75. The minimum absolute atomic E-state index is 0. The Morgan fingerprint density at radius 2 is 1.83 bits per heavy atom. The maximum atomic E-state index is 12.2. The number of carbonyl (C=O) groups excluding carboxylic acids is 2. The number of aliphatic imine (C=N–C) groups is 1. The number of benzene rings is 2. The Morgan fingerprint density at radius 1 is 1.12 bits per heavy atom. The van der Waals surface area contributed by atoms with Gasteiger partial charge in [0, 0.05) is 0 Å². The quantitative estimate of drug-likeness (QED) is 0.549. The van der Waals surface area contributed by atoms with Gasteiger partial charge in [0.05, 0.1) is 6.02 Å². The molecule has 5 nitrogen and oxygen atoms in total. The van der Waals surface area contributed by atoms with Gasteiger partial charge in [-0.1, -0.05) is 49.4 Å². The van der Waals surface area contributed by atoms with Gasteiger partial charge in [-0.05, 0) is 35.6 Å². The van der Waals surface area contributed by atoms with E-state index in [0.717, 1.165) is 16.3 Å². The van der Waals surface area contributed by atoms with Crippen LogP contribution in [0.2, 0.25) is 0 Å². The van der Waals surface area contributed by atoms with E-state index < -0.39 is 23.3 Å². The average Bonchev–Trinajstić information content (AvgIpc) is 2.54. The molecule has 0 spiro atoms. The summed E-state index contributed by atoms with van der Waals surface area (Å²) in [5.74, 6) is -1.17. The van der Waals surface area contributed by atoms with Crippen molar-refractivity contribution in [1.29, 1.82) is 0 Å². The predicted octanol–water partition coefficient (Wildman–Crippen LogP) is -1.45. The summed E-state index contributed by atoms with van der Waals surface area (Å²) in [6.45, 7) is 1.77. The van der Waals surface area contributed by atoms with Crippen LogP contribution in [-0.4, -0.2) is 17.8 Å². The maximum absolute atomic E-state index is 12.2. The molecule has 1 aliphatic rings. The number of rotatable bonds is 4. The third kappa shape index (κ3) is 3.24. The van der Waals surface area contributed by atoms with Crippen molar-refractivity contribution < 1.29 is 44.3 Å². The molecule has 0 saturated heterocycles. The van der Waals surface area contributed by atoms with Gasteiger partial charge < -0.3 is 10.4 Å². The number of nitrogens with one attached hydrogen (secondary N) is 1. The van der Waals surface area contributed by atoms with Crippen LogP contribution in [0.3, 0.4) is 0 Å². The summed E-state index contributed by atoms with van der Waals surface area (Å²) in [5, 5.41) is 15.6. The molecule has 1 atom stereocenters. The van der Waals surface area contributed by atoms with Gasteiger partial charge in [0.15, 0.2) is 0 Å². The third-order valence-corrected chi connectivity index (χ3v) is 4.57. The molecule has 0 bridgehead atoms. The van der Waals surface area contributed by atoms with Crippen molar-refractivity contribution in [3.8, 4) is 0 Å². The second kappa shape index (κ2) is 7.47. The third-order valence-electron chi connectivity index (χ3n) is 4.57. The first-order valence-corrected chi connectivity index (χ1v) is 7.65. The fraction of sp³-hybridized carbons (Fsp3) is 0.278. The summed E-state index contributed by atoms with van der Waals surface area (Å²) < 4.78 is 0. The molecule has 24 heavy (non-hydrogen) atoms. The minimum atomic E-state index is -1.25. The molecule has 2 aromatic rings. The van der Waals surface area contributed by atoms with Crippen LogP contribution < -0.4 is 40.0 Å². The second-order valence-corrected chi connectivity index (χ2v) is 5.75. The molecule has 2 amide bonds. The first kappa shape index (κ1) is 18.6. The molecule has 1 unspecified atom stereocenters. The molecule has 1 N–H and O–H groups in total. The van der Waals surface area contributed by atoms with Gasteiger partial charge in [-0.3, -0.25) is 9.59 Å². The summed E-state index contributed by atoms with van der Waals surface area (Å²) in [4.78, 5) is 27.9. The fourth-order valence-electron chi connectivity index (χ4n) is 3.11. The Balaban J connectivity index is 0.00000208. The average molecular weight is 332 g/mol. The van der Waals surface area contributed by atoms with Crippen LogP contribution in [-0.2, 0) is 16.0 Å². The van der Waals surface area contributed by atoms with Gasteiger partial charge in [-0.25, -0.2) is 4.99 Å². The van der Waals surface area contributed by atoms with Crippen molar-refractivity contribution >= 4 is 28.6 Å². The Kier molecular flexibility index (Phi) is 5.80. The van der Waals surface area contributed by atoms with Crippen LogP contribution in [0.4, 0.5) is 0 Å². The molecule has 0 aromatic heterocycles. The largest absolute Gasteiger partial charge is 1.00 e. The molecule has 0 radical (unpaired) electrons. The molecule has 2 aromatic carbocycles. The van der Waals surface area contributed by atoms with Crippen molar-refractivity contribution in [2.24, 2.45) is 10.4 Å². The van der Waals surface area contributed by atoms with Crippen molar-refractivity contribution in [3.63, 3.8) is 0 Å². The van der Waals surface area contributed by atoms with Gasteiger partial charge in [0.1, 0.15) is 5.41 Å². The Labute approximate surface area is 162 Å². The molecule has 1 aliphatic heterocycles. The Morgan fingerprint density at radius 3 is 2.54 bits per heavy atom. The van der Waals surface area contributed by atoms with Gasteiger partial charge in [-0.2, -0.15) is 0 Å². The summed E-state index contributed by atoms with van der Waals surface area (Å²) in [7, 11) is 0. The summed E-state index contributed by atoms with van der Waals surface area (Å²) in [6.07, 6.45) is 1.22. The number of amides is 2. The number of fused-ring (bicyclic) bond motifs is 1. The number of carbonyl (C=O) groups is 2. The predicted molar refractivity (Wildman–Crippen MR) is 85.6 cm³/mol. The summed E-state index contributed by atoms with van der Waals surface area (Å²) >= 11 is 0. The minimum Gasteiger partial charge on any atom is -0.846 e. The van der Waals surface area contributed by atoms with Gasteiger partial charge >= 0.3 is 29.6 Å². The smallest absolute Gasteiger partial charge is 0.846 e. The van der Waals surface area contributed by atoms with Crippen LogP contribution >= 0.6 is 0 Å². The van der Waals surface area contributed by atoms with E-state index in [-0.39, 0.29) is 29.6 Å². The molecule has 0 aliphatic carbocycles. The van der Waals surface area contributed by atoms with Gasteiger partial charge in [-0.15, -0.1) is 0 Å². The zero-order chi connectivity index (χ0) is 16.4. The van der Waals surface area contributed by atoms with Crippen LogP contribution in [0.5, 0.6) is 0 Å². The molecular weight excluding hydrogens is 315 g/mol. The van der Waals surface area contributed by atoms with Gasteiger partial charge in [0.2, 0.25) is 5.91 Å². The molecule has 3 rings (SSSR count). The Bertz CT molecular complexity index is 814. The molecule has 6 heteroatoms. The van der Waals surface area contributed by atoms with E-state index in [9.17, 15) is 14.7 Å². The fourth-order valence-corrected chi connectivity index (χ4v) is 3.11. The van der Waals surface area contributed by atoms with Crippen molar-refractivity contribution in [3.05, 3.63) is 48.0 Å². The zero-order valence-electron chi connectivity index (χ0n) is 13.8. The molecule has 0 fully saturated rings. The van der Waals surface area contributed by atoms with E-state index in [1.165, 1.54) is 0 Å². The van der Waals surface area contributed by atoms with Crippen LogP contribution in [0.25, 0.3) is 10.8 Å². The standard InChI is InChI=1S/C18H18N2O3.Na/c1-2-18(15(21)19-17(23)20-16(18)22)11-10-13-8-5-7-12-6-3-4-9-14(12)13;/h3-9H,2,10-11H2,1H3,(H2,19,20,21,22,23);/q;+1/p-1. The normalized spacial score (nSPS) is 20.3. The monoisotopic (exact) mass is 332 g/mol. The van der Waals surface area contributed by atoms with E-state index in [1.54, 1.807) is 6.92 Å². The van der Waals surface area contributed by atoms with Crippen molar-refractivity contribution in [2.75, 3.05) is 0 Å². The topological polar surface area (TPSA) is 81.6 Å². The SMILES string of the molecule is CCC1(CCc2cccc3ccccc23)C(=O)N=C([O-])NC1=O.[Na+]. The van der Waals surface area contributed by atoms with Crippen LogP contribution in [0.1, 0.15) is 25.3 Å².